The molecule has 0 bridgehead atoms. The molecule has 4 heteroatoms. The zero-order valence-electron chi connectivity index (χ0n) is 12.9. The van der Waals surface area contributed by atoms with Crippen LogP contribution in [0.15, 0.2) is 24.3 Å². The second-order valence-electron chi connectivity index (χ2n) is 7.31. The normalized spacial score (nSPS) is 25.0. The van der Waals surface area contributed by atoms with Crippen LogP contribution in [0.4, 0.5) is 0 Å². The summed E-state index contributed by atoms with van der Waals surface area (Å²) in [7, 11) is 0. The fourth-order valence-corrected chi connectivity index (χ4v) is 3.87. The van der Waals surface area contributed by atoms with Gasteiger partial charge in [0.2, 0.25) is 5.91 Å². The molecule has 3 aliphatic rings. The molecule has 1 aromatic carbocycles. The number of benzene rings is 1. The number of amides is 1. The van der Waals surface area contributed by atoms with Crippen LogP contribution in [0.25, 0.3) is 0 Å². The highest BCUT2D eigenvalue weighted by Crippen LogP contribution is 2.46. The highest BCUT2D eigenvalue weighted by molar-refractivity contribution is 6.30. The number of halogens is 1. The summed E-state index contributed by atoms with van der Waals surface area (Å²) in [6.07, 6.45) is 6.62. The van der Waals surface area contributed by atoms with Crippen molar-refractivity contribution in [3.8, 4) is 0 Å². The number of rotatable bonds is 5. The summed E-state index contributed by atoms with van der Waals surface area (Å²) in [5.74, 6) is 0.235. The van der Waals surface area contributed by atoms with Gasteiger partial charge in [-0.1, -0.05) is 30.2 Å². The van der Waals surface area contributed by atoms with Gasteiger partial charge in [-0.2, -0.15) is 0 Å². The number of likely N-dealkylation sites (tertiary alicyclic amines) is 1. The van der Waals surface area contributed by atoms with E-state index in [1.807, 2.05) is 24.3 Å². The number of nitrogens with zero attached hydrogens (tertiary/aromatic N) is 1. The first-order valence-corrected chi connectivity index (χ1v) is 8.81. The lowest BCUT2D eigenvalue weighted by atomic mass is 9.63. The van der Waals surface area contributed by atoms with Crippen molar-refractivity contribution >= 4 is 17.5 Å². The maximum Gasteiger partial charge on any atom is 0.231 e. The van der Waals surface area contributed by atoms with Crippen molar-refractivity contribution < 1.29 is 4.79 Å². The minimum atomic E-state index is -0.310. The molecule has 1 aromatic rings. The van der Waals surface area contributed by atoms with Gasteiger partial charge in [-0.05, 0) is 62.9 Å². The van der Waals surface area contributed by atoms with Crippen LogP contribution >= 0.6 is 11.6 Å². The summed E-state index contributed by atoms with van der Waals surface area (Å²) in [5.41, 5.74) is 0.877. The first kappa shape index (κ1) is 14.5. The Morgan fingerprint density at radius 3 is 2.23 bits per heavy atom. The monoisotopic (exact) mass is 318 g/mol. The molecular weight excluding hydrogens is 296 g/mol. The molecule has 118 valence electrons. The van der Waals surface area contributed by atoms with E-state index in [-0.39, 0.29) is 16.9 Å². The van der Waals surface area contributed by atoms with E-state index in [4.69, 9.17) is 11.6 Å². The second kappa shape index (κ2) is 5.24. The zero-order chi connectivity index (χ0) is 15.2. The van der Waals surface area contributed by atoms with Crippen molar-refractivity contribution in [1.82, 2.24) is 10.2 Å². The predicted molar refractivity (Wildman–Crippen MR) is 88.1 cm³/mol. The maximum absolute atomic E-state index is 13.0. The van der Waals surface area contributed by atoms with E-state index in [1.54, 1.807) is 0 Å². The number of carbonyl (C=O) groups is 1. The predicted octanol–water partition coefficient (Wildman–Crippen LogP) is 3.12. The molecule has 1 aliphatic heterocycles. The summed E-state index contributed by atoms with van der Waals surface area (Å²) in [6, 6.07) is 7.85. The standard InChI is InChI=1S/C18H23ClN2O/c19-15-5-3-14(4-6-15)18(7-1-8-18)16(22)20-17(9-10-17)13-21-11-2-12-21/h3-6H,1-2,7-13H2,(H,20,22). The molecule has 3 fully saturated rings. The molecule has 0 radical (unpaired) electrons. The highest BCUT2D eigenvalue weighted by atomic mass is 35.5. The molecule has 1 amide bonds. The van der Waals surface area contributed by atoms with Crippen molar-refractivity contribution in [1.29, 1.82) is 0 Å². The summed E-state index contributed by atoms with van der Waals surface area (Å²) in [5, 5.41) is 4.14. The molecule has 22 heavy (non-hydrogen) atoms. The van der Waals surface area contributed by atoms with Gasteiger partial charge in [-0.3, -0.25) is 4.79 Å². The van der Waals surface area contributed by atoms with Crippen LogP contribution in [0, 0.1) is 0 Å². The van der Waals surface area contributed by atoms with E-state index in [2.05, 4.69) is 10.2 Å². The molecule has 4 rings (SSSR count). The molecule has 0 atom stereocenters. The SMILES string of the molecule is O=C(NC1(CN2CCC2)CC1)C1(c2ccc(Cl)cc2)CCC1. The van der Waals surface area contributed by atoms with Crippen LogP contribution < -0.4 is 5.32 Å². The summed E-state index contributed by atoms with van der Waals surface area (Å²) in [6.45, 7) is 3.43. The van der Waals surface area contributed by atoms with E-state index in [0.29, 0.717) is 0 Å². The van der Waals surface area contributed by atoms with Crippen LogP contribution in [0.3, 0.4) is 0 Å². The van der Waals surface area contributed by atoms with Gasteiger partial charge in [0.1, 0.15) is 0 Å². The quantitative estimate of drug-likeness (QED) is 0.904. The Bertz CT molecular complexity index is 571. The van der Waals surface area contributed by atoms with Crippen molar-refractivity contribution in [2.75, 3.05) is 19.6 Å². The molecule has 1 N–H and O–H groups in total. The van der Waals surface area contributed by atoms with Crippen molar-refractivity contribution in [2.24, 2.45) is 0 Å². The topological polar surface area (TPSA) is 32.3 Å². The third-order valence-corrected chi connectivity index (χ3v) is 6.00. The van der Waals surface area contributed by atoms with Crippen LogP contribution in [0.1, 0.15) is 44.1 Å². The Morgan fingerprint density at radius 1 is 1.09 bits per heavy atom. The van der Waals surface area contributed by atoms with Gasteiger partial charge in [-0.25, -0.2) is 0 Å². The molecular formula is C18H23ClN2O. The van der Waals surface area contributed by atoms with Crippen LogP contribution in [0.5, 0.6) is 0 Å². The molecule has 1 heterocycles. The van der Waals surface area contributed by atoms with E-state index >= 15 is 0 Å². The summed E-state index contributed by atoms with van der Waals surface area (Å²) in [4.78, 5) is 15.5. The molecule has 0 aromatic heterocycles. The van der Waals surface area contributed by atoms with Gasteiger partial charge in [0.15, 0.2) is 0 Å². The van der Waals surface area contributed by atoms with E-state index < -0.39 is 0 Å². The lowest BCUT2D eigenvalue weighted by Crippen LogP contribution is -2.56. The number of carbonyl (C=O) groups excluding carboxylic acids is 1. The van der Waals surface area contributed by atoms with Gasteiger partial charge in [0.25, 0.3) is 0 Å². The molecule has 1 saturated heterocycles. The fraction of sp³-hybridized carbons (Fsp3) is 0.611. The third-order valence-electron chi connectivity index (χ3n) is 5.75. The first-order chi connectivity index (χ1) is 10.6. The molecule has 3 nitrogen and oxygen atoms in total. The third kappa shape index (κ3) is 2.44. The van der Waals surface area contributed by atoms with Gasteiger partial charge in [0.05, 0.1) is 11.0 Å². The zero-order valence-corrected chi connectivity index (χ0v) is 13.7. The van der Waals surface area contributed by atoms with Gasteiger partial charge >= 0.3 is 0 Å². The fourth-order valence-electron chi connectivity index (χ4n) is 3.75. The Morgan fingerprint density at radius 2 is 1.77 bits per heavy atom. The van der Waals surface area contributed by atoms with Gasteiger partial charge < -0.3 is 10.2 Å². The van der Waals surface area contributed by atoms with E-state index in [0.717, 1.165) is 49.2 Å². The minimum Gasteiger partial charge on any atom is -0.349 e. The minimum absolute atomic E-state index is 0.0620. The maximum atomic E-state index is 13.0. The van der Waals surface area contributed by atoms with E-state index in [1.165, 1.54) is 19.5 Å². The highest BCUT2D eigenvalue weighted by Gasteiger charge is 2.52. The molecule has 2 aliphatic carbocycles. The van der Waals surface area contributed by atoms with Crippen LogP contribution in [0.2, 0.25) is 5.02 Å². The number of hydrogen-bond acceptors (Lipinski definition) is 2. The number of nitrogens with one attached hydrogen (secondary N) is 1. The summed E-state index contributed by atoms with van der Waals surface area (Å²) < 4.78 is 0. The molecule has 0 unspecified atom stereocenters. The summed E-state index contributed by atoms with van der Waals surface area (Å²) >= 11 is 5.99. The van der Waals surface area contributed by atoms with Gasteiger partial charge in [0, 0.05) is 11.6 Å². The second-order valence-corrected chi connectivity index (χ2v) is 7.74. The van der Waals surface area contributed by atoms with E-state index in [9.17, 15) is 4.79 Å². The smallest absolute Gasteiger partial charge is 0.231 e. The largest absolute Gasteiger partial charge is 0.349 e. The average Bonchev–Trinajstić information content (AvgIpc) is 3.15. The van der Waals surface area contributed by atoms with Crippen molar-refractivity contribution in [3.63, 3.8) is 0 Å². The Kier molecular flexibility index (Phi) is 3.46. The Balaban J connectivity index is 1.49. The van der Waals surface area contributed by atoms with Crippen LogP contribution in [-0.2, 0) is 10.2 Å². The molecule has 2 saturated carbocycles. The lowest BCUT2D eigenvalue weighted by Gasteiger charge is -2.43. The van der Waals surface area contributed by atoms with Crippen molar-refractivity contribution in [3.05, 3.63) is 34.9 Å². The number of hydrogen-bond donors (Lipinski definition) is 1. The lowest BCUT2D eigenvalue weighted by molar-refractivity contribution is -0.131. The Labute approximate surface area is 137 Å². The average molecular weight is 319 g/mol. The molecule has 0 spiro atoms. The van der Waals surface area contributed by atoms with Gasteiger partial charge in [-0.15, -0.1) is 0 Å². The first-order valence-electron chi connectivity index (χ1n) is 8.43. The van der Waals surface area contributed by atoms with Crippen molar-refractivity contribution in [2.45, 2.75) is 49.5 Å². The van der Waals surface area contributed by atoms with Crippen LogP contribution in [-0.4, -0.2) is 36.0 Å². The Hall–Kier alpha value is -1.06.